The normalized spacial score (nSPS) is 28.5. The summed E-state index contributed by atoms with van der Waals surface area (Å²) in [5.41, 5.74) is -0.805. The van der Waals surface area contributed by atoms with Crippen LogP contribution in [0.25, 0.3) is 0 Å². The minimum Gasteiger partial charge on any atom is -0.450 e. The van der Waals surface area contributed by atoms with E-state index in [0.717, 1.165) is 12.8 Å². The summed E-state index contributed by atoms with van der Waals surface area (Å²) in [5, 5.41) is 2.71. The molecule has 4 nitrogen and oxygen atoms in total. The maximum absolute atomic E-state index is 11.9. The Bertz CT molecular complexity index is 285. The summed E-state index contributed by atoms with van der Waals surface area (Å²) in [6.07, 6.45) is 2.63. The van der Waals surface area contributed by atoms with Gasteiger partial charge in [-0.25, -0.2) is 4.79 Å². The van der Waals surface area contributed by atoms with Gasteiger partial charge in [0.05, 0.1) is 12.5 Å². The van der Waals surface area contributed by atoms with Gasteiger partial charge in [-0.3, -0.25) is 4.79 Å². The van der Waals surface area contributed by atoms with Crippen molar-refractivity contribution in [3.63, 3.8) is 0 Å². The Morgan fingerprint density at radius 1 is 1.41 bits per heavy atom. The second-order valence-corrected chi connectivity index (χ2v) is 4.93. The Balaban J connectivity index is 2.73. The molecule has 1 amide bonds. The van der Waals surface area contributed by atoms with Crippen molar-refractivity contribution in [2.75, 3.05) is 12.5 Å². The predicted molar refractivity (Wildman–Crippen MR) is 66.2 cm³/mol. The fourth-order valence-corrected chi connectivity index (χ4v) is 2.47. The van der Waals surface area contributed by atoms with E-state index in [0.29, 0.717) is 25.4 Å². The molecule has 1 aliphatic rings. The molecule has 0 unspecified atom stereocenters. The van der Waals surface area contributed by atoms with Crippen LogP contribution in [0.3, 0.4) is 0 Å². The molecule has 1 N–H and O–H groups in total. The lowest BCUT2D eigenvalue weighted by Crippen LogP contribution is -2.56. The fraction of sp³-hybridized carbons (Fsp3) is 0.833. The van der Waals surface area contributed by atoms with Crippen LogP contribution in [0.2, 0.25) is 0 Å². The first-order valence-electron chi connectivity index (χ1n) is 6.08. The van der Waals surface area contributed by atoms with E-state index in [9.17, 15) is 9.59 Å². The molecular formula is C12H20ClNO3. The molecule has 1 fully saturated rings. The van der Waals surface area contributed by atoms with E-state index < -0.39 is 11.6 Å². The number of carbonyl (C=O) groups is 2. The first-order valence-corrected chi connectivity index (χ1v) is 6.61. The number of alkyl halides is 1. The van der Waals surface area contributed by atoms with Gasteiger partial charge in [-0.1, -0.05) is 6.92 Å². The molecule has 0 heterocycles. The van der Waals surface area contributed by atoms with Crippen LogP contribution in [0, 0.1) is 5.92 Å². The Kier molecular flexibility index (Phi) is 5.25. The number of nitrogens with one attached hydrogen (secondary N) is 1. The summed E-state index contributed by atoms with van der Waals surface area (Å²) in [4.78, 5) is 23.4. The zero-order valence-electron chi connectivity index (χ0n) is 10.4. The number of hydrogen-bond acceptors (Lipinski definition) is 3. The summed E-state index contributed by atoms with van der Waals surface area (Å²) in [6, 6.07) is 0. The summed E-state index contributed by atoms with van der Waals surface area (Å²) >= 11 is 5.63. The highest BCUT2D eigenvalue weighted by atomic mass is 35.5. The fourth-order valence-electron chi connectivity index (χ4n) is 2.22. The molecular weight excluding hydrogens is 242 g/mol. The van der Waals surface area contributed by atoms with Crippen molar-refractivity contribution < 1.29 is 14.3 Å². The van der Waals surface area contributed by atoms with Crippen molar-refractivity contribution in [2.24, 2.45) is 5.92 Å². The van der Waals surface area contributed by atoms with Crippen LogP contribution in [0.4, 0.5) is 4.79 Å². The van der Waals surface area contributed by atoms with Crippen molar-refractivity contribution in [1.29, 1.82) is 0 Å². The van der Waals surface area contributed by atoms with Gasteiger partial charge in [-0.2, -0.15) is 0 Å². The Labute approximate surface area is 107 Å². The van der Waals surface area contributed by atoms with E-state index in [1.54, 1.807) is 6.92 Å². The third-order valence-corrected chi connectivity index (χ3v) is 3.64. The van der Waals surface area contributed by atoms with Crippen LogP contribution >= 0.6 is 11.6 Å². The topological polar surface area (TPSA) is 55.4 Å². The quantitative estimate of drug-likeness (QED) is 0.791. The molecule has 5 heteroatoms. The number of alkyl carbamates (subject to hydrolysis) is 1. The first-order chi connectivity index (χ1) is 8.04. The standard InChI is InChI=1S/C12H20ClNO3/c1-3-17-11(16)14-12(10(15)8-13)6-4-9(2)5-7-12/h9H,3-8H2,1-2H3,(H,14,16). The molecule has 0 aromatic carbocycles. The van der Waals surface area contributed by atoms with E-state index in [4.69, 9.17) is 16.3 Å². The van der Waals surface area contributed by atoms with Gasteiger partial charge < -0.3 is 10.1 Å². The van der Waals surface area contributed by atoms with Crippen LogP contribution in [-0.4, -0.2) is 29.9 Å². The van der Waals surface area contributed by atoms with E-state index in [-0.39, 0.29) is 11.7 Å². The number of rotatable bonds is 4. The molecule has 17 heavy (non-hydrogen) atoms. The number of halogens is 1. The maximum Gasteiger partial charge on any atom is 0.407 e. The number of hydrogen-bond donors (Lipinski definition) is 1. The van der Waals surface area contributed by atoms with Gasteiger partial charge in [0.2, 0.25) is 0 Å². The van der Waals surface area contributed by atoms with Crippen molar-refractivity contribution in [2.45, 2.75) is 45.1 Å². The molecule has 1 rings (SSSR count). The van der Waals surface area contributed by atoms with Gasteiger partial charge in [-0.05, 0) is 38.5 Å². The molecule has 0 aliphatic heterocycles. The summed E-state index contributed by atoms with van der Waals surface area (Å²) < 4.78 is 4.85. The highest BCUT2D eigenvalue weighted by Crippen LogP contribution is 2.33. The minimum absolute atomic E-state index is 0.0687. The summed E-state index contributed by atoms with van der Waals surface area (Å²) in [6.45, 7) is 4.19. The van der Waals surface area contributed by atoms with Gasteiger partial charge in [0, 0.05) is 0 Å². The third kappa shape index (κ3) is 3.60. The molecule has 0 saturated heterocycles. The largest absolute Gasteiger partial charge is 0.450 e. The van der Waals surface area contributed by atoms with E-state index in [1.165, 1.54) is 0 Å². The zero-order valence-corrected chi connectivity index (χ0v) is 11.2. The van der Waals surface area contributed by atoms with Gasteiger partial charge in [0.1, 0.15) is 5.54 Å². The number of amides is 1. The Hall–Kier alpha value is -0.770. The van der Waals surface area contributed by atoms with Crippen LogP contribution in [-0.2, 0) is 9.53 Å². The second kappa shape index (κ2) is 6.24. The minimum atomic E-state index is -0.805. The van der Waals surface area contributed by atoms with Crippen LogP contribution in [0.15, 0.2) is 0 Å². The lowest BCUT2D eigenvalue weighted by molar-refractivity contribution is -0.124. The molecule has 0 spiro atoms. The van der Waals surface area contributed by atoms with Crippen molar-refractivity contribution >= 4 is 23.5 Å². The average Bonchev–Trinajstić information content (AvgIpc) is 2.31. The second-order valence-electron chi connectivity index (χ2n) is 4.67. The first kappa shape index (κ1) is 14.3. The highest BCUT2D eigenvalue weighted by molar-refractivity contribution is 6.29. The van der Waals surface area contributed by atoms with Gasteiger partial charge in [-0.15, -0.1) is 11.6 Å². The SMILES string of the molecule is CCOC(=O)NC1(C(=O)CCl)CCC(C)CC1. The van der Waals surface area contributed by atoms with Gasteiger partial charge in [0.25, 0.3) is 0 Å². The number of ketones is 1. The number of carbonyl (C=O) groups excluding carboxylic acids is 2. The van der Waals surface area contributed by atoms with E-state index in [1.807, 2.05) is 0 Å². The lowest BCUT2D eigenvalue weighted by Gasteiger charge is -2.37. The van der Waals surface area contributed by atoms with E-state index in [2.05, 4.69) is 12.2 Å². The zero-order chi connectivity index (χ0) is 12.9. The smallest absolute Gasteiger partial charge is 0.407 e. The predicted octanol–water partition coefficient (Wildman–Crippen LogP) is 2.49. The molecule has 1 aliphatic carbocycles. The summed E-state index contributed by atoms with van der Waals surface area (Å²) in [5.74, 6) is 0.412. The molecule has 1 saturated carbocycles. The molecule has 98 valence electrons. The van der Waals surface area contributed by atoms with E-state index >= 15 is 0 Å². The van der Waals surface area contributed by atoms with Crippen LogP contribution in [0.5, 0.6) is 0 Å². The molecule has 0 bridgehead atoms. The highest BCUT2D eigenvalue weighted by Gasteiger charge is 2.41. The number of ether oxygens (including phenoxy) is 1. The number of Topliss-reactive ketones (excluding diaryl/α,β-unsaturated/α-hetero) is 1. The van der Waals surface area contributed by atoms with Gasteiger partial charge in [0.15, 0.2) is 5.78 Å². The molecule has 0 atom stereocenters. The van der Waals surface area contributed by atoms with Crippen molar-refractivity contribution in [1.82, 2.24) is 5.32 Å². The monoisotopic (exact) mass is 261 g/mol. The molecule has 0 aromatic heterocycles. The molecule has 0 radical (unpaired) electrons. The average molecular weight is 262 g/mol. The van der Waals surface area contributed by atoms with Gasteiger partial charge >= 0.3 is 6.09 Å². The van der Waals surface area contributed by atoms with Crippen LogP contribution < -0.4 is 5.32 Å². The van der Waals surface area contributed by atoms with Crippen LogP contribution in [0.1, 0.15) is 39.5 Å². The summed E-state index contributed by atoms with van der Waals surface area (Å²) in [7, 11) is 0. The molecule has 0 aromatic rings. The van der Waals surface area contributed by atoms with Crippen molar-refractivity contribution in [3.05, 3.63) is 0 Å². The Morgan fingerprint density at radius 2 is 2.00 bits per heavy atom. The third-order valence-electron chi connectivity index (χ3n) is 3.40. The lowest BCUT2D eigenvalue weighted by atomic mass is 9.75. The maximum atomic E-state index is 11.9. The Morgan fingerprint density at radius 3 is 2.47 bits per heavy atom. The van der Waals surface area contributed by atoms with Crippen molar-refractivity contribution in [3.8, 4) is 0 Å².